The zero-order valence-corrected chi connectivity index (χ0v) is 10.2. The fourth-order valence-electron chi connectivity index (χ4n) is 2.34. The molecule has 96 valence electrons. The molecule has 1 unspecified atom stereocenters. The summed E-state index contributed by atoms with van der Waals surface area (Å²) >= 11 is 0. The number of aliphatic hydroxyl groups is 3. The van der Waals surface area contributed by atoms with Crippen molar-refractivity contribution in [1.82, 2.24) is 5.32 Å². The van der Waals surface area contributed by atoms with Crippen molar-refractivity contribution in [3.63, 3.8) is 0 Å². The van der Waals surface area contributed by atoms with Crippen LogP contribution in [0.1, 0.15) is 39.0 Å². The minimum absolute atomic E-state index is 0.233. The van der Waals surface area contributed by atoms with Crippen molar-refractivity contribution >= 4 is 0 Å². The van der Waals surface area contributed by atoms with Gasteiger partial charge in [-0.05, 0) is 31.6 Å². The van der Waals surface area contributed by atoms with Gasteiger partial charge in [0, 0.05) is 13.1 Å². The third-order valence-electron chi connectivity index (χ3n) is 3.66. The van der Waals surface area contributed by atoms with Gasteiger partial charge in [-0.1, -0.05) is 13.3 Å². The van der Waals surface area contributed by atoms with E-state index in [2.05, 4.69) is 12.2 Å². The molecule has 4 heteroatoms. The first-order chi connectivity index (χ1) is 7.59. The highest BCUT2D eigenvalue weighted by Gasteiger charge is 2.32. The Hall–Kier alpha value is -0.160. The van der Waals surface area contributed by atoms with E-state index in [9.17, 15) is 5.11 Å². The van der Waals surface area contributed by atoms with Gasteiger partial charge in [0.15, 0.2) is 0 Å². The quantitative estimate of drug-likeness (QED) is 0.529. The topological polar surface area (TPSA) is 72.7 Å². The van der Waals surface area contributed by atoms with Crippen LogP contribution in [0.4, 0.5) is 0 Å². The minimum Gasteiger partial charge on any atom is -0.394 e. The third-order valence-corrected chi connectivity index (χ3v) is 3.66. The Balaban J connectivity index is 2.20. The second-order valence-electron chi connectivity index (χ2n) is 5.04. The standard InChI is InChI=1S/C12H25NO3/c1-2-10-3-5-12(16,6-4-10)9-13-7-11(15)8-14/h10-11,13-16H,2-9H2,1H3. The number of nitrogens with one attached hydrogen (secondary N) is 1. The molecule has 0 aromatic heterocycles. The molecule has 0 heterocycles. The third kappa shape index (κ3) is 4.37. The Kier molecular flexibility index (Phi) is 5.69. The van der Waals surface area contributed by atoms with E-state index in [-0.39, 0.29) is 6.61 Å². The molecular formula is C12H25NO3. The van der Waals surface area contributed by atoms with Crippen LogP contribution in [0.15, 0.2) is 0 Å². The van der Waals surface area contributed by atoms with Gasteiger partial charge in [0.2, 0.25) is 0 Å². The van der Waals surface area contributed by atoms with Gasteiger partial charge in [-0.2, -0.15) is 0 Å². The minimum atomic E-state index is -0.726. The molecule has 16 heavy (non-hydrogen) atoms. The van der Waals surface area contributed by atoms with Crippen LogP contribution >= 0.6 is 0 Å². The van der Waals surface area contributed by atoms with Gasteiger partial charge in [-0.3, -0.25) is 0 Å². The van der Waals surface area contributed by atoms with Crippen LogP contribution in [-0.2, 0) is 0 Å². The van der Waals surface area contributed by atoms with Crippen molar-refractivity contribution in [1.29, 1.82) is 0 Å². The van der Waals surface area contributed by atoms with Crippen molar-refractivity contribution < 1.29 is 15.3 Å². The zero-order chi connectivity index (χ0) is 12.0. The summed E-state index contributed by atoms with van der Waals surface area (Å²) in [5, 5.41) is 31.1. The molecule has 1 fully saturated rings. The molecule has 1 saturated carbocycles. The Morgan fingerprint density at radius 3 is 2.50 bits per heavy atom. The number of hydrogen-bond acceptors (Lipinski definition) is 4. The molecular weight excluding hydrogens is 206 g/mol. The summed E-state index contributed by atoms with van der Waals surface area (Å²) in [5.41, 5.74) is -0.610. The normalized spacial score (nSPS) is 32.6. The predicted octanol–water partition coefficient (Wildman–Crippen LogP) is 0.260. The van der Waals surface area contributed by atoms with E-state index in [1.54, 1.807) is 0 Å². The van der Waals surface area contributed by atoms with E-state index >= 15 is 0 Å². The van der Waals surface area contributed by atoms with E-state index in [1.165, 1.54) is 6.42 Å². The van der Waals surface area contributed by atoms with Gasteiger partial charge in [0.05, 0.1) is 18.3 Å². The average Bonchev–Trinajstić information content (AvgIpc) is 2.30. The van der Waals surface area contributed by atoms with Gasteiger partial charge in [-0.25, -0.2) is 0 Å². The highest BCUT2D eigenvalue weighted by atomic mass is 16.3. The molecule has 0 aromatic carbocycles. The van der Waals surface area contributed by atoms with Crippen LogP contribution in [0.25, 0.3) is 0 Å². The first kappa shape index (κ1) is 13.9. The van der Waals surface area contributed by atoms with Crippen molar-refractivity contribution in [2.75, 3.05) is 19.7 Å². The highest BCUT2D eigenvalue weighted by Crippen LogP contribution is 2.33. The fraction of sp³-hybridized carbons (Fsp3) is 1.00. The number of hydrogen-bond donors (Lipinski definition) is 4. The van der Waals surface area contributed by atoms with E-state index in [0.717, 1.165) is 31.6 Å². The van der Waals surface area contributed by atoms with Gasteiger partial charge in [0.25, 0.3) is 0 Å². The molecule has 0 bridgehead atoms. The van der Waals surface area contributed by atoms with Gasteiger partial charge < -0.3 is 20.6 Å². The Morgan fingerprint density at radius 2 is 2.00 bits per heavy atom. The highest BCUT2D eigenvalue weighted by molar-refractivity contribution is 4.87. The van der Waals surface area contributed by atoms with Crippen molar-refractivity contribution in [3.8, 4) is 0 Å². The molecule has 0 aliphatic heterocycles. The van der Waals surface area contributed by atoms with E-state index in [4.69, 9.17) is 10.2 Å². The van der Waals surface area contributed by atoms with Gasteiger partial charge >= 0.3 is 0 Å². The van der Waals surface area contributed by atoms with Crippen molar-refractivity contribution in [3.05, 3.63) is 0 Å². The first-order valence-electron chi connectivity index (χ1n) is 6.31. The van der Waals surface area contributed by atoms with Crippen molar-refractivity contribution in [2.45, 2.75) is 50.7 Å². The maximum absolute atomic E-state index is 10.3. The summed E-state index contributed by atoms with van der Waals surface area (Å²) in [4.78, 5) is 0. The summed E-state index contributed by atoms with van der Waals surface area (Å²) in [6, 6.07) is 0. The SMILES string of the molecule is CCC1CCC(O)(CNCC(O)CO)CC1. The largest absolute Gasteiger partial charge is 0.394 e. The van der Waals surface area contributed by atoms with Crippen LogP contribution in [0.2, 0.25) is 0 Å². The lowest BCUT2D eigenvalue weighted by Gasteiger charge is -2.36. The summed E-state index contributed by atoms with van der Waals surface area (Å²) in [6.45, 7) is 2.82. The molecule has 1 atom stereocenters. The Labute approximate surface area is 97.7 Å². The van der Waals surface area contributed by atoms with E-state index in [0.29, 0.717) is 13.1 Å². The fourth-order valence-corrected chi connectivity index (χ4v) is 2.34. The first-order valence-corrected chi connectivity index (χ1v) is 6.31. The molecule has 1 aliphatic carbocycles. The molecule has 0 amide bonds. The summed E-state index contributed by atoms with van der Waals surface area (Å²) < 4.78 is 0. The second kappa shape index (κ2) is 6.55. The molecule has 4 nitrogen and oxygen atoms in total. The lowest BCUT2D eigenvalue weighted by Crippen LogP contribution is -2.45. The maximum Gasteiger partial charge on any atom is 0.0894 e. The summed E-state index contributed by atoms with van der Waals surface area (Å²) in [5.74, 6) is 0.767. The molecule has 4 N–H and O–H groups in total. The van der Waals surface area contributed by atoms with E-state index < -0.39 is 11.7 Å². The van der Waals surface area contributed by atoms with Gasteiger partial charge in [-0.15, -0.1) is 0 Å². The summed E-state index contributed by atoms with van der Waals surface area (Å²) in [6.07, 6.45) is 4.35. The van der Waals surface area contributed by atoms with Crippen LogP contribution in [0.3, 0.4) is 0 Å². The molecule has 0 aromatic rings. The lowest BCUT2D eigenvalue weighted by molar-refractivity contribution is -0.0117. The van der Waals surface area contributed by atoms with Crippen LogP contribution < -0.4 is 5.32 Å². The smallest absolute Gasteiger partial charge is 0.0894 e. The summed E-state index contributed by atoms with van der Waals surface area (Å²) in [7, 11) is 0. The molecule has 0 radical (unpaired) electrons. The van der Waals surface area contributed by atoms with Crippen LogP contribution in [-0.4, -0.2) is 46.7 Å². The zero-order valence-electron chi connectivity index (χ0n) is 10.2. The van der Waals surface area contributed by atoms with Crippen molar-refractivity contribution in [2.24, 2.45) is 5.92 Å². The maximum atomic E-state index is 10.3. The Bertz CT molecular complexity index is 191. The monoisotopic (exact) mass is 231 g/mol. The Morgan fingerprint density at radius 1 is 1.38 bits per heavy atom. The van der Waals surface area contributed by atoms with Gasteiger partial charge in [0.1, 0.15) is 0 Å². The lowest BCUT2D eigenvalue weighted by atomic mass is 9.78. The molecule has 1 rings (SSSR count). The van der Waals surface area contributed by atoms with Crippen LogP contribution in [0.5, 0.6) is 0 Å². The predicted molar refractivity (Wildman–Crippen MR) is 63.2 cm³/mol. The van der Waals surface area contributed by atoms with E-state index in [1.807, 2.05) is 0 Å². The average molecular weight is 231 g/mol. The molecule has 0 saturated heterocycles. The molecule has 0 spiro atoms. The second-order valence-corrected chi connectivity index (χ2v) is 5.04. The number of rotatable bonds is 6. The molecule has 1 aliphatic rings. The van der Waals surface area contributed by atoms with Crippen LogP contribution in [0, 0.1) is 5.92 Å². The number of aliphatic hydroxyl groups excluding tert-OH is 2.